The first-order chi connectivity index (χ1) is 13.2. The number of nitrogens with zero attached hydrogens (tertiary/aromatic N) is 3. The average molecular weight is 361 g/mol. The lowest BCUT2D eigenvalue weighted by molar-refractivity contribution is 0.400. The molecule has 0 saturated heterocycles. The number of halogens is 1. The van der Waals surface area contributed by atoms with Gasteiger partial charge in [0.25, 0.3) is 0 Å². The molecular weight excluding hydrogens is 345 g/mol. The van der Waals surface area contributed by atoms with Gasteiger partial charge >= 0.3 is 0 Å². The first kappa shape index (κ1) is 16.7. The van der Waals surface area contributed by atoms with Crippen molar-refractivity contribution < 1.29 is 8.91 Å². The van der Waals surface area contributed by atoms with Crippen molar-refractivity contribution in [1.82, 2.24) is 15.1 Å². The lowest BCUT2D eigenvalue weighted by Gasteiger charge is -2.11. The first-order valence-corrected chi connectivity index (χ1v) is 8.34. The molecule has 2 heterocycles. The molecule has 7 heteroatoms. The molecule has 0 radical (unpaired) electrons. The van der Waals surface area contributed by atoms with E-state index in [1.165, 1.54) is 6.07 Å². The highest BCUT2D eigenvalue weighted by atomic mass is 19.1. The van der Waals surface area contributed by atoms with Crippen LogP contribution in [0.2, 0.25) is 0 Å². The van der Waals surface area contributed by atoms with Crippen LogP contribution in [0.5, 0.6) is 0 Å². The summed E-state index contributed by atoms with van der Waals surface area (Å²) < 4.78 is 19.1. The quantitative estimate of drug-likeness (QED) is 0.517. The minimum absolute atomic E-state index is 0.323. The van der Waals surface area contributed by atoms with Crippen LogP contribution in [-0.2, 0) is 0 Å². The topological polar surface area (TPSA) is 75.9 Å². The van der Waals surface area contributed by atoms with Crippen LogP contribution in [0.25, 0.3) is 11.3 Å². The molecule has 2 aromatic carbocycles. The van der Waals surface area contributed by atoms with Crippen LogP contribution in [0.3, 0.4) is 0 Å². The van der Waals surface area contributed by atoms with E-state index in [9.17, 15) is 4.39 Å². The molecule has 0 aliphatic heterocycles. The predicted octanol–water partition coefficient (Wildman–Crippen LogP) is 5.07. The molecular formula is C20H16FN5O. The van der Waals surface area contributed by atoms with E-state index in [-0.39, 0.29) is 5.82 Å². The molecule has 0 unspecified atom stereocenters. The van der Waals surface area contributed by atoms with Crippen molar-refractivity contribution in [3.63, 3.8) is 0 Å². The maximum absolute atomic E-state index is 14.0. The summed E-state index contributed by atoms with van der Waals surface area (Å²) in [7, 11) is 0. The zero-order valence-corrected chi connectivity index (χ0v) is 14.5. The summed E-state index contributed by atoms with van der Waals surface area (Å²) in [6.45, 7) is 1.80. The number of nitrogens with one attached hydrogen (secondary N) is 2. The van der Waals surface area contributed by atoms with E-state index in [1.807, 2.05) is 30.3 Å². The fourth-order valence-corrected chi connectivity index (χ4v) is 2.56. The molecule has 0 aliphatic rings. The third-order valence-electron chi connectivity index (χ3n) is 3.80. The van der Waals surface area contributed by atoms with Crippen molar-refractivity contribution in [3.05, 3.63) is 78.3 Å². The van der Waals surface area contributed by atoms with E-state index in [0.717, 1.165) is 5.56 Å². The largest absolute Gasteiger partial charge is 0.360 e. The zero-order valence-electron chi connectivity index (χ0n) is 14.5. The fourth-order valence-electron chi connectivity index (χ4n) is 2.56. The molecule has 27 heavy (non-hydrogen) atoms. The Morgan fingerprint density at radius 3 is 2.37 bits per heavy atom. The second-order valence-corrected chi connectivity index (χ2v) is 5.88. The Hall–Kier alpha value is -3.74. The molecule has 0 fully saturated rings. The second-order valence-electron chi connectivity index (χ2n) is 5.88. The standard InChI is InChI=1S/C20H16FN5O/c1-13-11-19(26-27-13)25-20-23-17(14-7-3-2-4-8-14)12-18(24-20)22-16-10-6-5-9-15(16)21/h2-12H,1H3,(H2,22,23,24,25,26). The third-order valence-corrected chi connectivity index (χ3v) is 3.80. The molecule has 0 amide bonds. The Kier molecular flexibility index (Phi) is 4.49. The first-order valence-electron chi connectivity index (χ1n) is 8.34. The number of anilines is 4. The van der Waals surface area contributed by atoms with Crippen LogP contribution in [0, 0.1) is 12.7 Å². The number of hydrogen-bond acceptors (Lipinski definition) is 6. The second kappa shape index (κ2) is 7.25. The van der Waals surface area contributed by atoms with Gasteiger partial charge < -0.3 is 15.2 Å². The number of aryl methyl sites for hydroxylation is 1. The van der Waals surface area contributed by atoms with Gasteiger partial charge in [0.2, 0.25) is 5.95 Å². The lowest BCUT2D eigenvalue weighted by Crippen LogP contribution is -2.03. The number of para-hydroxylation sites is 1. The van der Waals surface area contributed by atoms with Crippen LogP contribution in [0.15, 0.2) is 71.3 Å². The summed E-state index contributed by atoms with van der Waals surface area (Å²) >= 11 is 0. The molecule has 0 bridgehead atoms. The van der Waals surface area contributed by atoms with Crippen LogP contribution < -0.4 is 10.6 Å². The minimum atomic E-state index is -0.362. The Morgan fingerprint density at radius 1 is 0.852 bits per heavy atom. The molecule has 0 saturated carbocycles. The highest BCUT2D eigenvalue weighted by molar-refractivity contribution is 5.68. The average Bonchev–Trinajstić information content (AvgIpc) is 3.09. The summed E-state index contributed by atoms with van der Waals surface area (Å²) in [6, 6.07) is 19.6. The fraction of sp³-hybridized carbons (Fsp3) is 0.0500. The van der Waals surface area contributed by atoms with Crippen LogP contribution in [-0.4, -0.2) is 15.1 Å². The Labute approximate surface area is 155 Å². The van der Waals surface area contributed by atoms with Crippen molar-refractivity contribution >= 4 is 23.3 Å². The summed E-state index contributed by atoms with van der Waals surface area (Å²) in [5.74, 6) is 1.58. The summed E-state index contributed by atoms with van der Waals surface area (Å²) in [5.41, 5.74) is 1.93. The Morgan fingerprint density at radius 2 is 1.63 bits per heavy atom. The number of aromatic nitrogens is 3. The maximum Gasteiger partial charge on any atom is 0.231 e. The van der Waals surface area contributed by atoms with Crippen molar-refractivity contribution in [2.75, 3.05) is 10.6 Å². The number of benzene rings is 2. The molecule has 2 N–H and O–H groups in total. The normalized spacial score (nSPS) is 10.6. The van der Waals surface area contributed by atoms with E-state index in [2.05, 4.69) is 25.8 Å². The van der Waals surface area contributed by atoms with E-state index in [0.29, 0.717) is 34.7 Å². The number of rotatable bonds is 5. The summed E-state index contributed by atoms with van der Waals surface area (Å²) in [6.07, 6.45) is 0. The van der Waals surface area contributed by atoms with Crippen molar-refractivity contribution in [3.8, 4) is 11.3 Å². The minimum Gasteiger partial charge on any atom is -0.360 e. The summed E-state index contributed by atoms with van der Waals surface area (Å²) in [5, 5.41) is 9.91. The molecule has 2 aromatic heterocycles. The van der Waals surface area contributed by atoms with Gasteiger partial charge in [-0.05, 0) is 19.1 Å². The van der Waals surface area contributed by atoms with E-state index < -0.39 is 0 Å². The molecule has 0 aliphatic carbocycles. The molecule has 6 nitrogen and oxygen atoms in total. The van der Waals surface area contributed by atoms with Crippen molar-refractivity contribution in [1.29, 1.82) is 0 Å². The van der Waals surface area contributed by atoms with Gasteiger partial charge in [-0.25, -0.2) is 9.37 Å². The molecule has 134 valence electrons. The number of hydrogen-bond donors (Lipinski definition) is 2. The van der Waals surface area contributed by atoms with E-state index in [4.69, 9.17) is 4.52 Å². The smallest absolute Gasteiger partial charge is 0.231 e. The van der Waals surface area contributed by atoms with Crippen LogP contribution in [0.4, 0.5) is 27.7 Å². The van der Waals surface area contributed by atoms with Crippen LogP contribution in [0.1, 0.15) is 5.76 Å². The zero-order chi connectivity index (χ0) is 18.6. The lowest BCUT2D eigenvalue weighted by atomic mass is 10.1. The predicted molar refractivity (Wildman–Crippen MR) is 102 cm³/mol. The highest BCUT2D eigenvalue weighted by Crippen LogP contribution is 2.25. The van der Waals surface area contributed by atoms with Gasteiger partial charge in [0.15, 0.2) is 5.82 Å². The third kappa shape index (κ3) is 3.92. The van der Waals surface area contributed by atoms with Crippen molar-refractivity contribution in [2.24, 2.45) is 0 Å². The van der Waals surface area contributed by atoms with Crippen LogP contribution >= 0.6 is 0 Å². The van der Waals surface area contributed by atoms with Gasteiger partial charge in [-0.1, -0.05) is 47.6 Å². The monoisotopic (exact) mass is 361 g/mol. The Balaban J connectivity index is 1.73. The van der Waals surface area contributed by atoms with Gasteiger partial charge in [0.1, 0.15) is 17.4 Å². The molecule has 0 spiro atoms. The van der Waals surface area contributed by atoms with Gasteiger partial charge in [0.05, 0.1) is 11.4 Å². The molecule has 4 aromatic rings. The van der Waals surface area contributed by atoms with E-state index in [1.54, 1.807) is 37.3 Å². The van der Waals surface area contributed by atoms with Gasteiger partial charge in [-0.15, -0.1) is 0 Å². The summed E-state index contributed by atoms with van der Waals surface area (Å²) in [4.78, 5) is 8.95. The van der Waals surface area contributed by atoms with Gasteiger partial charge in [-0.2, -0.15) is 4.98 Å². The van der Waals surface area contributed by atoms with E-state index >= 15 is 0 Å². The molecule has 4 rings (SSSR count). The Bertz CT molecular complexity index is 1060. The van der Waals surface area contributed by atoms with Gasteiger partial charge in [0, 0.05) is 17.7 Å². The SMILES string of the molecule is Cc1cc(Nc2nc(Nc3ccccc3F)cc(-c3ccccc3)n2)no1. The highest BCUT2D eigenvalue weighted by Gasteiger charge is 2.10. The van der Waals surface area contributed by atoms with Gasteiger partial charge in [-0.3, -0.25) is 0 Å². The van der Waals surface area contributed by atoms with Crippen molar-refractivity contribution in [2.45, 2.75) is 6.92 Å². The molecule has 0 atom stereocenters. The maximum atomic E-state index is 14.0.